The van der Waals surface area contributed by atoms with Crippen LogP contribution in [0.25, 0.3) is 17.5 Å². The number of amidine groups is 1. The molecule has 176 valence electrons. The van der Waals surface area contributed by atoms with Crippen LogP contribution < -0.4 is 4.90 Å². The van der Waals surface area contributed by atoms with E-state index in [0.717, 1.165) is 35.9 Å². The normalized spacial score (nSPS) is 19.0. The Kier molecular flexibility index (Phi) is 6.67. The van der Waals surface area contributed by atoms with Gasteiger partial charge in [-0.1, -0.05) is 18.2 Å². The molecule has 1 atom stereocenters. The van der Waals surface area contributed by atoms with Gasteiger partial charge in [0.1, 0.15) is 23.3 Å². The lowest BCUT2D eigenvalue weighted by Crippen LogP contribution is -2.42. The van der Waals surface area contributed by atoms with Crippen LogP contribution in [0.4, 0.5) is 10.2 Å². The van der Waals surface area contributed by atoms with Gasteiger partial charge >= 0.3 is 0 Å². The van der Waals surface area contributed by atoms with E-state index in [1.165, 1.54) is 31.4 Å². The molecule has 2 saturated heterocycles. The van der Waals surface area contributed by atoms with Crippen molar-refractivity contribution in [2.45, 2.75) is 25.3 Å². The van der Waals surface area contributed by atoms with E-state index < -0.39 is 0 Å². The highest BCUT2D eigenvalue weighted by molar-refractivity contribution is 5.94. The number of aromatic nitrogens is 3. The number of hydrogen-bond acceptors (Lipinski definition) is 5. The minimum absolute atomic E-state index is 0.199. The van der Waals surface area contributed by atoms with Crippen LogP contribution in [-0.4, -0.2) is 58.5 Å². The smallest absolute Gasteiger partial charge is 0.130 e. The Morgan fingerprint density at radius 1 is 1.12 bits per heavy atom. The van der Waals surface area contributed by atoms with E-state index in [4.69, 9.17) is 15.1 Å². The number of benzene rings is 1. The summed E-state index contributed by atoms with van der Waals surface area (Å²) in [6, 6.07) is 12.4. The predicted octanol–water partition coefficient (Wildman–Crippen LogP) is 4.67. The van der Waals surface area contributed by atoms with Crippen molar-refractivity contribution in [1.29, 1.82) is 5.41 Å². The number of morpholine rings is 1. The SMILES string of the molecule is N=C(/C=C\c1ncc(-c2cccc(N3CCCCC3)n2)[nH]1)N1CCOCC1c1cccc(F)c1. The number of imidazole rings is 1. The van der Waals surface area contributed by atoms with E-state index in [1.807, 2.05) is 23.1 Å². The van der Waals surface area contributed by atoms with Crippen LogP contribution in [0, 0.1) is 11.2 Å². The molecule has 1 aromatic carbocycles. The fourth-order valence-corrected chi connectivity index (χ4v) is 4.56. The molecule has 5 rings (SSSR count). The van der Waals surface area contributed by atoms with Crippen LogP contribution in [0.2, 0.25) is 0 Å². The number of ether oxygens (including phenoxy) is 1. The predicted molar refractivity (Wildman–Crippen MR) is 131 cm³/mol. The van der Waals surface area contributed by atoms with Crippen molar-refractivity contribution < 1.29 is 9.13 Å². The summed E-state index contributed by atoms with van der Waals surface area (Å²) in [7, 11) is 0. The fraction of sp³-hybridized carbons (Fsp3) is 0.346. The number of hydrogen-bond donors (Lipinski definition) is 2. The Morgan fingerprint density at radius 2 is 1.97 bits per heavy atom. The number of H-pyrrole nitrogens is 1. The van der Waals surface area contributed by atoms with Crippen molar-refractivity contribution in [2.24, 2.45) is 0 Å². The van der Waals surface area contributed by atoms with Gasteiger partial charge in [0.25, 0.3) is 0 Å². The van der Waals surface area contributed by atoms with E-state index >= 15 is 0 Å². The first-order chi connectivity index (χ1) is 16.7. The third-order valence-corrected chi connectivity index (χ3v) is 6.36. The second-order valence-electron chi connectivity index (χ2n) is 8.67. The maximum absolute atomic E-state index is 13.7. The molecule has 8 heteroatoms. The summed E-state index contributed by atoms with van der Waals surface area (Å²) in [5, 5.41) is 8.61. The Bertz CT molecular complexity index is 1170. The number of nitrogens with zero attached hydrogens (tertiary/aromatic N) is 4. The molecule has 1 unspecified atom stereocenters. The first kappa shape index (κ1) is 22.3. The van der Waals surface area contributed by atoms with E-state index in [1.54, 1.807) is 24.4 Å². The van der Waals surface area contributed by atoms with Gasteiger partial charge in [-0.2, -0.15) is 0 Å². The summed E-state index contributed by atoms with van der Waals surface area (Å²) >= 11 is 0. The van der Waals surface area contributed by atoms with Gasteiger partial charge < -0.3 is 19.5 Å². The number of aromatic amines is 1. The molecule has 34 heavy (non-hydrogen) atoms. The van der Waals surface area contributed by atoms with Crippen molar-refractivity contribution in [3.63, 3.8) is 0 Å². The molecule has 2 aliphatic heterocycles. The molecular weight excluding hydrogens is 431 g/mol. The van der Waals surface area contributed by atoms with Crippen LogP contribution >= 0.6 is 0 Å². The lowest BCUT2D eigenvalue weighted by Gasteiger charge is -2.36. The van der Waals surface area contributed by atoms with Crippen molar-refractivity contribution in [3.8, 4) is 11.4 Å². The van der Waals surface area contributed by atoms with Gasteiger partial charge in [-0.05, 0) is 61.2 Å². The molecule has 0 aliphatic carbocycles. The zero-order valence-electron chi connectivity index (χ0n) is 19.1. The summed E-state index contributed by atoms with van der Waals surface area (Å²) in [5.41, 5.74) is 2.50. The van der Waals surface area contributed by atoms with E-state index in [-0.39, 0.29) is 11.9 Å². The monoisotopic (exact) mass is 460 g/mol. The molecule has 0 spiro atoms. The van der Waals surface area contributed by atoms with Gasteiger partial charge in [-0.15, -0.1) is 0 Å². The number of nitrogens with one attached hydrogen (secondary N) is 2. The lowest BCUT2D eigenvalue weighted by atomic mass is 10.0. The van der Waals surface area contributed by atoms with Gasteiger partial charge in [0.05, 0.1) is 36.8 Å². The molecule has 2 aliphatic rings. The van der Waals surface area contributed by atoms with Crippen LogP contribution in [0.1, 0.15) is 36.7 Å². The van der Waals surface area contributed by atoms with Gasteiger partial charge in [0.2, 0.25) is 0 Å². The molecular formula is C26H29FN6O. The second kappa shape index (κ2) is 10.2. The lowest BCUT2D eigenvalue weighted by molar-refractivity contribution is 0.0258. The molecule has 2 fully saturated rings. The Hall–Kier alpha value is -3.52. The summed E-state index contributed by atoms with van der Waals surface area (Å²) < 4.78 is 19.4. The zero-order valence-corrected chi connectivity index (χ0v) is 19.1. The average molecular weight is 461 g/mol. The highest BCUT2D eigenvalue weighted by atomic mass is 19.1. The Morgan fingerprint density at radius 3 is 2.82 bits per heavy atom. The van der Waals surface area contributed by atoms with Crippen LogP contribution in [0.5, 0.6) is 0 Å². The summed E-state index contributed by atoms with van der Waals surface area (Å²) in [5.74, 6) is 1.70. The molecule has 3 aromatic rings. The van der Waals surface area contributed by atoms with Crippen molar-refractivity contribution in [2.75, 3.05) is 37.7 Å². The zero-order chi connectivity index (χ0) is 23.3. The molecule has 4 heterocycles. The molecule has 0 saturated carbocycles. The van der Waals surface area contributed by atoms with Crippen molar-refractivity contribution in [3.05, 3.63) is 71.9 Å². The van der Waals surface area contributed by atoms with E-state index in [9.17, 15) is 4.39 Å². The van der Waals surface area contributed by atoms with Gasteiger partial charge in [-0.25, -0.2) is 14.4 Å². The van der Waals surface area contributed by atoms with Gasteiger partial charge in [-0.3, -0.25) is 5.41 Å². The first-order valence-corrected chi connectivity index (χ1v) is 11.8. The third kappa shape index (κ3) is 5.02. The summed E-state index contributed by atoms with van der Waals surface area (Å²) in [6.07, 6.45) is 8.99. The molecule has 0 amide bonds. The van der Waals surface area contributed by atoms with E-state index in [2.05, 4.69) is 20.9 Å². The second-order valence-corrected chi connectivity index (χ2v) is 8.67. The fourth-order valence-electron chi connectivity index (χ4n) is 4.56. The average Bonchev–Trinajstić information content (AvgIpc) is 3.37. The van der Waals surface area contributed by atoms with Crippen LogP contribution in [0.15, 0.2) is 54.7 Å². The van der Waals surface area contributed by atoms with Crippen molar-refractivity contribution in [1.82, 2.24) is 19.9 Å². The highest BCUT2D eigenvalue weighted by Crippen LogP contribution is 2.26. The molecule has 7 nitrogen and oxygen atoms in total. The number of anilines is 1. The Balaban J connectivity index is 1.29. The summed E-state index contributed by atoms with van der Waals surface area (Å²) in [4.78, 5) is 16.9. The molecule has 2 N–H and O–H groups in total. The first-order valence-electron chi connectivity index (χ1n) is 11.8. The number of pyridine rings is 1. The number of halogens is 1. The molecule has 0 radical (unpaired) electrons. The Labute approximate surface area is 198 Å². The molecule has 2 aromatic heterocycles. The standard InChI is InChI=1S/C26H29FN6O/c27-20-7-4-6-19(16-20)23-18-34-15-14-33(23)24(28)10-11-25-29-17-22(30-25)21-8-5-9-26(31-21)32-12-2-1-3-13-32/h4-11,16-17,23,28H,1-3,12-15,18H2,(H,29,30)/b11-10-,28-24?. The quantitative estimate of drug-likeness (QED) is 0.427. The van der Waals surface area contributed by atoms with Gasteiger partial charge in [0, 0.05) is 19.6 Å². The number of rotatable bonds is 5. The van der Waals surface area contributed by atoms with Crippen molar-refractivity contribution >= 4 is 17.7 Å². The largest absolute Gasteiger partial charge is 0.377 e. The minimum Gasteiger partial charge on any atom is -0.377 e. The summed E-state index contributed by atoms with van der Waals surface area (Å²) in [6.45, 7) is 3.62. The topological polar surface area (TPSA) is 81.1 Å². The van der Waals surface area contributed by atoms with Gasteiger partial charge in [0.15, 0.2) is 0 Å². The van der Waals surface area contributed by atoms with Crippen LogP contribution in [-0.2, 0) is 4.74 Å². The maximum atomic E-state index is 13.7. The maximum Gasteiger partial charge on any atom is 0.130 e. The third-order valence-electron chi connectivity index (χ3n) is 6.36. The van der Waals surface area contributed by atoms with Crippen LogP contribution in [0.3, 0.4) is 0 Å². The molecule has 0 bridgehead atoms. The van der Waals surface area contributed by atoms with E-state index in [0.29, 0.717) is 31.4 Å². The minimum atomic E-state index is -0.286. The highest BCUT2D eigenvalue weighted by Gasteiger charge is 2.26. The number of piperidine rings is 1.